The summed E-state index contributed by atoms with van der Waals surface area (Å²) >= 11 is 0. The van der Waals surface area contributed by atoms with Crippen LogP contribution in [0, 0.1) is 5.92 Å². The van der Waals surface area contributed by atoms with Crippen LogP contribution in [0.3, 0.4) is 0 Å². The molecular formula is C14H20NO2S+. The summed E-state index contributed by atoms with van der Waals surface area (Å²) in [7, 11) is -0.0481. The zero-order valence-electron chi connectivity index (χ0n) is 10.4. The SMILES string of the molecule is C=CC(C[S+](CCO)Cc1ccccc1)C(N)=O. The van der Waals surface area contributed by atoms with Crippen molar-refractivity contribution in [3.63, 3.8) is 0 Å². The van der Waals surface area contributed by atoms with Crippen LogP contribution in [-0.4, -0.2) is 29.1 Å². The number of carbonyl (C=O) groups excluding carboxylic acids is 1. The van der Waals surface area contributed by atoms with Crippen molar-refractivity contribution in [3.05, 3.63) is 48.6 Å². The molecule has 0 aliphatic carbocycles. The lowest BCUT2D eigenvalue weighted by atomic mass is 10.2. The monoisotopic (exact) mass is 266 g/mol. The van der Waals surface area contributed by atoms with E-state index in [0.29, 0.717) is 11.5 Å². The van der Waals surface area contributed by atoms with Gasteiger partial charge in [-0.05, 0) is 10.9 Å². The molecule has 98 valence electrons. The fraction of sp³-hybridized carbons (Fsp3) is 0.357. The van der Waals surface area contributed by atoms with E-state index >= 15 is 0 Å². The predicted octanol–water partition coefficient (Wildman–Crippen LogP) is 1.08. The smallest absolute Gasteiger partial charge is 0.229 e. The fourth-order valence-corrected chi connectivity index (χ4v) is 3.83. The van der Waals surface area contributed by atoms with Crippen LogP contribution in [0.15, 0.2) is 43.0 Å². The van der Waals surface area contributed by atoms with Crippen LogP contribution >= 0.6 is 0 Å². The van der Waals surface area contributed by atoms with Gasteiger partial charge in [-0.15, -0.1) is 6.58 Å². The number of hydrogen-bond donors (Lipinski definition) is 2. The third-order valence-corrected chi connectivity index (χ3v) is 4.99. The molecule has 1 aromatic carbocycles. The molecule has 1 aromatic rings. The first-order chi connectivity index (χ1) is 8.67. The number of benzene rings is 1. The number of aliphatic hydroxyl groups excluding tert-OH is 1. The standard InChI is InChI=1S/C14H19NO2S/c1-2-13(14(15)17)11-18(9-8-16)10-12-6-4-3-5-7-12/h2-7,13,16H,1,8-11H2,(H-,15,17)/p+1. The third kappa shape index (κ3) is 4.94. The molecule has 3 nitrogen and oxygen atoms in total. The fourth-order valence-electron chi connectivity index (χ4n) is 1.67. The number of rotatable bonds is 8. The molecule has 0 fully saturated rings. The molecule has 2 atom stereocenters. The minimum Gasteiger partial charge on any atom is -0.391 e. The van der Waals surface area contributed by atoms with Gasteiger partial charge in [0, 0.05) is 5.56 Å². The lowest BCUT2D eigenvalue weighted by Crippen LogP contribution is -2.30. The average molecular weight is 266 g/mol. The second-order valence-electron chi connectivity index (χ2n) is 4.08. The first kappa shape index (κ1) is 14.8. The Balaban J connectivity index is 2.64. The van der Waals surface area contributed by atoms with Crippen molar-refractivity contribution in [3.8, 4) is 0 Å². The molecule has 0 aliphatic heterocycles. The Labute approximate surface area is 111 Å². The molecule has 4 heteroatoms. The highest BCUT2D eigenvalue weighted by Crippen LogP contribution is 2.13. The van der Waals surface area contributed by atoms with Crippen molar-refractivity contribution in [1.82, 2.24) is 0 Å². The molecule has 1 amide bonds. The van der Waals surface area contributed by atoms with Crippen molar-refractivity contribution < 1.29 is 9.90 Å². The van der Waals surface area contributed by atoms with Gasteiger partial charge in [0.15, 0.2) is 0 Å². The number of nitrogens with two attached hydrogens (primary N) is 1. The summed E-state index contributed by atoms with van der Waals surface area (Å²) in [6, 6.07) is 10.1. The zero-order valence-corrected chi connectivity index (χ0v) is 11.2. The van der Waals surface area contributed by atoms with Gasteiger partial charge in [-0.1, -0.05) is 36.4 Å². The van der Waals surface area contributed by atoms with E-state index in [4.69, 9.17) is 10.8 Å². The van der Waals surface area contributed by atoms with E-state index in [0.717, 1.165) is 5.75 Å². The first-order valence-electron chi connectivity index (χ1n) is 5.88. The Kier molecular flexibility index (Phi) is 6.54. The van der Waals surface area contributed by atoms with Crippen molar-refractivity contribution in [2.24, 2.45) is 11.7 Å². The normalized spacial score (nSPS) is 13.8. The summed E-state index contributed by atoms with van der Waals surface area (Å²) in [5, 5.41) is 9.10. The maximum Gasteiger partial charge on any atom is 0.229 e. The molecule has 0 heterocycles. The van der Waals surface area contributed by atoms with Gasteiger partial charge < -0.3 is 10.8 Å². The van der Waals surface area contributed by atoms with Crippen molar-refractivity contribution in [1.29, 1.82) is 0 Å². The zero-order chi connectivity index (χ0) is 13.4. The van der Waals surface area contributed by atoms with Crippen LogP contribution in [0.4, 0.5) is 0 Å². The molecule has 0 aromatic heterocycles. The lowest BCUT2D eigenvalue weighted by molar-refractivity contribution is -0.119. The van der Waals surface area contributed by atoms with Crippen molar-refractivity contribution in [2.75, 3.05) is 18.1 Å². The summed E-state index contributed by atoms with van der Waals surface area (Å²) in [6.07, 6.45) is 1.60. The molecule has 2 unspecified atom stereocenters. The van der Waals surface area contributed by atoms with E-state index in [2.05, 4.69) is 18.7 Å². The van der Waals surface area contributed by atoms with Crippen LogP contribution in [0.5, 0.6) is 0 Å². The molecule has 0 saturated carbocycles. The summed E-state index contributed by atoms with van der Waals surface area (Å²) < 4.78 is 0. The predicted molar refractivity (Wildman–Crippen MR) is 77.2 cm³/mol. The maximum absolute atomic E-state index is 11.2. The van der Waals surface area contributed by atoms with E-state index in [1.54, 1.807) is 6.08 Å². The van der Waals surface area contributed by atoms with E-state index in [-0.39, 0.29) is 29.3 Å². The van der Waals surface area contributed by atoms with Gasteiger partial charge in [0.05, 0.1) is 6.61 Å². The number of amides is 1. The molecule has 18 heavy (non-hydrogen) atoms. The largest absolute Gasteiger partial charge is 0.391 e. The molecular weight excluding hydrogens is 246 g/mol. The van der Waals surface area contributed by atoms with E-state index in [9.17, 15) is 4.79 Å². The van der Waals surface area contributed by atoms with Gasteiger partial charge in [0.1, 0.15) is 23.2 Å². The molecule has 0 bridgehead atoms. The van der Waals surface area contributed by atoms with Gasteiger partial charge >= 0.3 is 0 Å². The van der Waals surface area contributed by atoms with Gasteiger partial charge in [0.25, 0.3) is 0 Å². The molecule has 0 aliphatic rings. The maximum atomic E-state index is 11.2. The molecule has 1 rings (SSSR count). The van der Waals surface area contributed by atoms with Crippen molar-refractivity contribution >= 4 is 16.8 Å². The van der Waals surface area contributed by atoms with E-state index < -0.39 is 0 Å². The average Bonchev–Trinajstić information content (AvgIpc) is 2.36. The van der Waals surface area contributed by atoms with E-state index in [1.807, 2.05) is 18.2 Å². The first-order valence-corrected chi connectivity index (χ1v) is 7.61. The van der Waals surface area contributed by atoms with Crippen LogP contribution in [-0.2, 0) is 21.4 Å². The van der Waals surface area contributed by atoms with Gasteiger partial charge in [0.2, 0.25) is 5.91 Å². The molecule has 0 radical (unpaired) electrons. The van der Waals surface area contributed by atoms with E-state index in [1.165, 1.54) is 5.56 Å². The van der Waals surface area contributed by atoms with Crippen LogP contribution < -0.4 is 5.73 Å². The second kappa shape index (κ2) is 7.95. The molecule has 3 N–H and O–H groups in total. The summed E-state index contributed by atoms with van der Waals surface area (Å²) in [6.45, 7) is 3.78. The van der Waals surface area contributed by atoms with Gasteiger partial charge in [-0.25, -0.2) is 0 Å². The number of hydrogen-bond acceptors (Lipinski definition) is 2. The molecule has 0 spiro atoms. The van der Waals surface area contributed by atoms with Crippen molar-refractivity contribution in [2.45, 2.75) is 5.75 Å². The topological polar surface area (TPSA) is 63.3 Å². The summed E-state index contributed by atoms with van der Waals surface area (Å²) in [4.78, 5) is 11.2. The minimum absolute atomic E-state index is 0.0481. The Morgan fingerprint density at radius 3 is 2.61 bits per heavy atom. The Morgan fingerprint density at radius 1 is 1.44 bits per heavy atom. The highest BCUT2D eigenvalue weighted by Gasteiger charge is 2.25. The van der Waals surface area contributed by atoms with Gasteiger partial charge in [-0.3, -0.25) is 4.79 Å². The highest BCUT2D eigenvalue weighted by atomic mass is 32.2. The Hall–Kier alpha value is -1.26. The number of carbonyl (C=O) groups is 1. The third-order valence-electron chi connectivity index (χ3n) is 2.66. The van der Waals surface area contributed by atoms with Gasteiger partial charge in [-0.2, -0.15) is 0 Å². The lowest BCUT2D eigenvalue weighted by Gasteiger charge is -2.11. The summed E-state index contributed by atoms with van der Waals surface area (Å²) in [5.74, 6) is 1.61. The molecule has 0 saturated heterocycles. The second-order valence-corrected chi connectivity index (χ2v) is 6.34. The Bertz CT molecular complexity index is 381. The van der Waals surface area contributed by atoms with Crippen LogP contribution in [0.1, 0.15) is 5.56 Å². The highest BCUT2D eigenvalue weighted by molar-refractivity contribution is 7.96. The minimum atomic E-state index is -0.339. The number of primary amides is 1. The summed E-state index contributed by atoms with van der Waals surface area (Å²) in [5.41, 5.74) is 6.54. The van der Waals surface area contributed by atoms with Crippen LogP contribution in [0.25, 0.3) is 0 Å². The Morgan fingerprint density at radius 2 is 2.11 bits per heavy atom. The number of aliphatic hydroxyl groups is 1. The quantitative estimate of drug-likeness (QED) is 0.546. The van der Waals surface area contributed by atoms with Crippen LogP contribution in [0.2, 0.25) is 0 Å².